The molecule has 0 aliphatic carbocycles. The molecule has 1 N–H and O–H groups in total. The normalized spacial score (nSPS) is 10.4. The summed E-state index contributed by atoms with van der Waals surface area (Å²) in [6.45, 7) is 0. The van der Waals surface area contributed by atoms with Gasteiger partial charge >= 0.3 is 5.69 Å². The topological polar surface area (TPSA) is 58.9 Å². The molecule has 0 saturated heterocycles. The molecule has 0 atom stereocenters. The Bertz CT molecular complexity index is 714. The van der Waals surface area contributed by atoms with Crippen molar-refractivity contribution in [2.45, 2.75) is 0 Å². The molecule has 4 heteroatoms. The van der Waals surface area contributed by atoms with Gasteiger partial charge in [0.05, 0.1) is 0 Å². The largest absolute Gasteiger partial charge is 0.377 e. The van der Waals surface area contributed by atoms with Crippen LogP contribution in [0.4, 0.5) is 0 Å². The van der Waals surface area contributed by atoms with Gasteiger partial charge in [-0.05, 0) is 17.2 Å². The van der Waals surface area contributed by atoms with Gasteiger partial charge in [0.25, 0.3) is 5.89 Å². The number of hydrogen-bond acceptors (Lipinski definition) is 3. The molecule has 3 aromatic rings. The highest BCUT2D eigenvalue weighted by molar-refractivity contribution is 5.79. The van der Waals surface area contributed by atoms with Crippen LogP contribution < -0.4 is 5.69 Å². The van der Waals surface area contributed by atoms with Crippen LogP contribution in [-0.4, -0.2) is 10.1 Å². The Hall–Kier alpha value is -2.62. The predicted octanol–water partition coefficient (Wildman–Crippen LogP) is 2.70. The van der Waals surface area contributed by atoms with E-state index in [1.807, 2.05) is 54.6 Å². The van der Waals surface area contributed by atoms with Crippen molar-refractivity contribution in [1.29, 1.82) is 0 Å². The second-order valence-electron chi connectivity index (χ2n) is 3.84. The van der Waals surface area contributed by atoms with Gasteiger partial charge in [-0.2, -0.15) is 10.1 Å². The zero-order chi connectivity index (χ0) is 12.4. The minimum Gasteiger partial charge on any atom is -0.357 e. The van der Waals surface area contributed by atoms with Gasteiger partial charge in [0, 0.05) is 5.56 Å². The van der Waals surface area contributed by atoms with E-state index in [9.17, 15) is 4.79 Å². The molecule has 0 bridgehead atoms. The van der Waals surface area contributed by atoms with Gasteiger partial charge in [0.15, 0.2) is 0 Å². The lowest BCUT2D eigenvalue weighted by atomic mass is 10.00. The van der Waals surface area contributed by atoms with Crippen LogP contribution in [0.1, 0.15) is 0 Å². The molecule has 88 valence electrons. The third kappa shape index (κ3) is 1.84. The van der Waals surface area contributed by atoms with E-state index in [4.69, 9.17) is 4.52 Å². The predicted molar refractivity (Wildman–Crippen MR) is 68.0 cm³/mol. The standard InChI is InChI=1S/C14H10N2O2/c17-14-15-13(18-16-14)12-9-5-4-8-11(12)10-6-2-1-3-7-10/h1-9H,(H,16,17). The summed E-state index contributed by atoms with van der Waals surface area (Å²) in [4.78, 5) is 14.8. The molecular weight excluding hydrogens is 228 g/mol. The van der Waals surface area contributed by atoms with E-state index in [0.29, 0.717) is 5.89 Å². The fraction of sp³-hybridized carbons (Fsp3) is 0. The van der Waals surface area contributed by atoms with Gasteiger partial charge in [0.2, 0.25) is 0 Å². The van der Waals surface area contributed by atoms with Crippen molar-refractivity contribution in [3.05, 3.63) is 65.1 Å². The van der Waals surface area contributed by atoms with Gasteiger partial charge in [-0.3, -0.25) is 0 Å². The Morgan fingerprint density at radius 2 is 1.56 bits per heavy atom. The minimum atomic E-state index is -0.479. The molecule has 0 spiro atoms. The molecule has 0 unspecified atom stereocenters. The highest BCUT2D eigenvalue weighted by atomic mass is 16.5. The molecule has 0 fully saturated rings. The first-order valence-electron chi connectivity index (χ1n) is 5.55. The summed E-state index contributed by atoms with van der Waals surface area (Å²) >= 11 is 0. The smallest absolute Gasteiger partial charge is 0.357 e. The fourth-order valence-corrected chi connectivity index (χ4v) is 1.88. The van der Waals surface area contributed by atoms with Gasteiger partial charge < -0.3 is 4.52 Å². The van der Waals surface area contributed by atoms with E-state index in [1.54, 1.807) is 0 Å². The van der Waals surface area contributed by atoms with Gasteiger partial charge in [-0.1, -0.05) is 48.5 Å². The zero-order valence-corrected chi connectivity index (χ0v) is 9.46. The zero-order valence-electron chi connectivity index (χ0n) is 9.46. The molecule has 18 heavy (non-hydrogen) atoms. The first-order valence-corrected chi connectivity index (χ1v) is 5.55. The van der Waals surface area contributed by atoms with Crippen molar-refractivity contribution >= 4 is 0 Å². The van der Waals surface area contributed by atoms with Crippen LogP contribution in [0.3, 0.4) is 0 Å². The van der Waals surface area contributed by atoms with Gasteiger partial charge in [0.1, 0.15) is 0 Å². The summed E-state index contributed by atoms with van der Waals surface area (Å²) in [5.41, 5.74) is 2.35. The number of rotatable bonds is 2. The SMILES string of the molecule is O=c1nc(-c2ccccc2-c2ccccc2)o[nH]1. The number of nitrogens with one attached hydrogen (secondary N) is 1. The van der Waals surface area contributed by atoms with E-state index >= 15 is 0 Å². The van der Waals surface area contributed by atoms with Crippen molar-refractivity contribution in [1.82, 2.24) is 10.1 Å². The third-order valence-electron chi connectivity index (χ3n) is 2.68. The number of nitrogens with zero attached hydrogens (tertiary/aromatic N) is 1. The molecule has 2 aromatic carbocycles. The van der Waals surface area contributed by atoms with Crippen molar-refractivity contribution in [3.63, 3.8) is 0 Å². The molecule has 0 amide bonds. The van der Waals surface area contributed by atoms with E-state index in [0.717, 1.165) is 16.7 Å². The summed E-state index contributed by atoms with van der Waals surface area (Å²) in [6, 6.07) is 17.6. The summed E-state index contributed by atoms with van der Waals surface area (Å²) in [5, 5.41) is 2.20. The van der Waals surface area contributed by atoms with Crippen LogP contribution in [-0.2, 0) is 0 Å². The molecule has 1 heterocycles. The molecular formula is C14H10N2O2. The van der Waals surface area contributed by atoms with E-state index in [-0.39, 0.29) is 0 Å². The molecule has 3 rings (SSSR count). The number of aromatic nitrogens is 2. The molecule has 0 aliphatic rings. The maximum Gasteiger partial charge on any atom is 0.377 e. The Kier molecular flexibility index (Phi) is 2.53. The highest BCUT2D eigenvalue weighted by Crippen LogP contribution is 2.29. The summed E-state index contributed by atoms with van der Waals surface area (Å²) in [5.74, 6) is 0.305. The number of benzene rings is 2. The number of aromatic amines is 1. The van der Waals surface area contributed by atoms with Crippen LogP contribution in [0.5, 0.6) is 0 Å². The van der Waals surface area contributed by atoms with Gasteiger partial charge in [-0.25, -0.2) is 4.79 Å². The Labute approximate surface area is 103 Å². The van der Waals surface area contributed by atoms with Crippen molar-refractivity contribution < 1.29 is 4.52 Å². The Balaban J connectivity index is 2.20. The molecule has 4 nitrogen and oxygen atoms in total. The first kappa shape index (κ1) is 10.5. The van der Waals surface area contributed by atoms with Crippen LogP contribution in [0.2, 0.25) is 0 Å². The first-order chi connectivity index (χ1) is 8.84. The monoisotopic (exact) mass is 238 g/mol. The molecule has 0 aliphatic heterocycles. The summed E-state index contributed by atoms with van der Waals surface area (Å²) in [6.07, 6.45) is 0. The maximum atomic E-state index is 11.1. The average Bonchev–Trinajstić information content (AvgIpc) is 2.86. The lowest BCUT2D eigenvalue weighted by Crippen LogP contribution is -2.00. The van der Waals surface area contributed by atoms with E-state index in [2.05, 4.69) is 10.1 Å². The second-order valence-corrected chi connectivity index (χ2v) is 3.84. The summed E-state index contributed by atoms with van der Waals surface area (Å²) in [7, 11) is 0. The molecule has 1 aromatic heterocycles. The van der Waals surface area contributed by atoms with Crippen molar-refractivity contribution in [3.8, 4) is 22.6 Å². The summed E-state index contributed by atoms with van der Waals surface area (Å²) < 4.78 is 5.06. The van der Waals surface area contributed by atoms with Crippen LogP contribution >= 0.6 is 0 Å². The second kappa shape index (κ2) is 4.33. The van der Waals surface area contributed by atoms with Crippen LogP contribution in [0, 0.1) is 0 Å². The highest BCUT2D eigenvalue weighted by Gasteiger charge is 2.11. The van der Waals surface area contributed by atoms with Crippen LogP contribution in [0.15, 0.2) is 63.9 Å². The van der Waals surface area contributed by atoms with Crippen molar-refractivity contribution in [2.75, 3.05) is 0 Å². The van der Waals surface area contributed by atoms with Crippen molar-refractivity contribution in [2.24, 2.45) is 0 Å². The maximum absolute atomic E-state index is 11.1. The van der Waals surface area contributed by atoms with Gasteiger partial charge in [-0.15, -0.1) is 0 Å². The molecule has 0 saturated carbocycles. The average molecular weight is 238 g/mol. The molecule has 0 radical (unpaired) electrons. The Morgan fingerprint density at radius 1 is 0.889 bits per heavy atom. The number of H-pyrrole nitrogens is 1. The van der Waals surface area contributed by atoms with E-state index < -0.39 is 5.69 Å². The number of hydrogen-bond donors (Lipinski definition) is 1. The van der Waals surface area contributed by atoms with E-state index in [1.165, 1.54) is 0 Å². The fourth-order valence-electron chi connectivity index (χ4n) is 1.88. The lowest BCUT2D eigenvalue weighted by Gasteiger charge is -2.05. The lowest BCUT2D eigenvalue weighted by molar-refractivity contribution is 0.424. The van der Waals surface area contributed by atoms with Crippen LogP contribution in [0.25, 0.3) is 22.6 Å². The quantitative estimate of drug-likeness (QED) is 0.746. The minimum absolute atomic E-state index is 0.305. The Morgan fingerprint density at radius 3 is 2.22 bits per heavy atom. The third-order valence-corrected chi connectivity index (χ3v) is 2.68.